The molecule has 1 spiro atoms. The lowest BCUT2D eigenvalue weighted by Crippen LogP contribution is -2.60. The average Bonchev–Trinajstić information content (AvgIpc) is 3.00. The number of nitrogens with zero attached hydrogens (tertiary/aromatic N) is 4. The first kappa shape index (κ1) is 18.4. The number of likely N-dealkylation sites (tertiary alicyclic amines) is 1. The molecule has 6 nitrogen and oxygen atoms in total. The largest absolute Gasteiger partial charge is 0.346 e. The van der Waals surface area contributed by atoms with Gasteiger partial charge in [-0.15, -0.1) is 0 Å². The molecule has 0 saturated carbocycles. The Labute approximate surface area is 151 Å². The van der Waals surface area contributed by atoms with Crippen LogP contribution in [0.3, 0.4) is 0 Å². The van der Waals surface area contributed by atoms with E-state index in [9.17, 15) is 4.79 Å². The second-order valence-corrected chi connectivity index (χ2v) is 7.88. The van der Waals surface area contributed by atoms with Gasteiger partial charge < -0.3 is 9.88 Å². The van der Waals surface area contributed by atoms with Gasteiger partial charge >= 0.3 is 0 Å². The third-order valence-electron chi connectivity index (χ3n) is 6.06. The molecule has 2 saturated heterocycles. The number of hydrogen-bond acceptors (Lipinski definition) is 4. The molecule has 25 heavy (non-hydrogen) atoms. The van der Waals surface area contributed by atoms with Gasteiger partial charge in [-0.25, -0.2) is 4.98 Å². The summed E-state index contributed by atoms with van der Waals surface area (Å²) in [5.41, 5.74) is 1.34. The highest BCUT2D eigenvalue weighted by Crippen LogP contribution is 2.32. The van der Waals surface area contributed by atoms with Gasteiger partial charge in [0, 0.05) is 70.0 Å². The van der Waals surface area contributed by atoms with Crippen molar-refractivity contribution in [3.8, 4) is 0 Å². The summed E-state index contributed by atoms with van der Waals surface area (Å²) in [6, 6.07) is 0. The van der Waals surface area contributed by atoms with E-state index in [0.717, 1.165) is 57.8 Å². The van der Waals surface area contributed by atoms with E-state index in [0.29, 0.717) is 6.42 Å². The van der Waals surface area contributed by atoms with Crippen LogP contribution in [0.5, 0.6) is 0 Å². The molecule has 1 atom stereocenters. The van der Waals surface area contributed by atoms with E-state index >= 15 is 0 Å². The fourth-order valence-corrected chi connectivity index (χ4v) is 4.17. The van der Waals surface area contributed by atoms with Crippen molar-refractivity contribution in [2.75, 3.05) is 40.3 Å². The number of likely N-dealkylation sites (N-methyl/N-ethyl adjacent to an activating group) is 1. The number of imidazole rings is 1. The quantitative estimate of drug-likeness (QED) is 0.884. The molecule has 140 valence electrons. The predicted molar refractivity (Wildman–Crippen MR) is 99.3 cm³/mol. The first-order valence-electron chi connectivity index (χ1n) is 9.73. The molecular formula is C19H33N5O. The Bertz CT molecular complexity index is 586. The van der Waals surface area contributed by atoms with E-state index in [4.69, 9.17) is 0 Å². The molecular weight excluding hydrogens is 314 g/mol. The number of piperazine rings is 1. The summed E-state index contributed by atoms with van der Waals surface area (Å²) >= 11 is 0. The molecule has 0 aromatic carbocycles. The Morgan fingerprint density at radius 2 is 2.08 bits per heavy atom. The lowest BCUT2D eigenvalue weighted by Gasteiger charge is -2.49. The standard InChI is InChI=1S/C19H33N5O/c1-4-5-6-17-20-13-16(21-17)14-24-12-11-23(3)19(15-24)8-7-18(25)22(2)10-9-19/h13H,4-12,14-15H2,1-3H3,(H,20,21)/t19-/m1/s1. The van der Waals surface area contributed by atoms with Gasteiger partial charge in [-0.3, -0.25) is 14.6 Å². The third-order valence-corrected chi connectivity index (χ3v) is 6.06. The fraction of sp³-hybridized carbons (Fsp3) is 0.789. The first-order chi connectivity index (χ1) is 12.0. The van der Waals surface area contributed by atoms with Crippen molar-refractivity contribution in [3.05, 3.63) is 17.7 Å². The van der Waals surface area contributed by atoms with Gasteiger partial charge in [0.1, 0.15) is 5.82 Å². The molecule has 2 fully saturated rings. The summed E-state index contributed by atoms with van der Waals surface area (Å²) in [5, 5.41) is 0. The maximum absolute atomic E-state index is 12.1. The van der Waals surface area contributed by atoms with E-state index in [2.05, 4.69) is 33.7 Å². The maximum Gasteiger partial charge on any atom is 0.222 e. The van der Waals surface area contributed by atoms with Crippen LogP contribution in [0.2, 0.25) is 0 Å². The van der Waals surface area contributed by atoms with Crippen LogP contribution in [0.15, 0.2) is 6.20 Å². The van der Waals surface area contributed by atoms with E-state index < -0.39 is 0 Å². The topological polar surface area (TPSA) is 55.5 Å². The fourth-order valence-electron chi connectivity index (χ4n) is 4.17. The molecule has 1 aromatic heterocycles. The lowest BCUT2D eigenvalue weighted by molar-refractivity contribution is -0.129. The number of aryl methyl sites for hydroxylation is 1. The average molecular weight is 348 g/mol. The molecule has 3 rings (SSSR count). The number of H-pyrrole nitrogens is 1. The van der Waals surface area contributed by atoms with E-state index in [-0.39, 0.29) is 11.4 Å². The van der Waals surface area contributed by atoms with Crippen LogP contribution in [0.1, 0.15) is 50.5 Å². The zero-order valence-electron chi connectivity index (χ0n) is 16.1. The highest BCUT2D eigenvalue weighted by Gasteiger charge is 2.41. The summed E-state index contributed by atoms with van der Waals surface area (Å²) in [6.07, 6.45) is 8.12. The van der Waals surface area contributed by atoms with Crippen LogP contribution in [-0.4, -0.2) is 76.4 Å². The predicted octanol–water partition coefficient (Wildman–Crippen LogP) is 1.88. The number of rotatable bonds is 5. The smallest absolute Gasteiger partial charge is 0.222 e. The summed E-state index contributed by atoms with van der Waals surface area (Å²) in [7, 11) is 4.16. The normalized spacial score (nSPS) is 26.4. The maximum atomic E-state index is 12.1. The Hall–Kier alpha value is -1.40. The molecule has 1 aromatic rings. The van der Waals surface area contributed by atoms with Gasteiger partial charge in [-0.1, -0.05) is 13.3 Å². The van der Waals surface area contributed by atoms with Crippen molar-refractivity contribution < 1.29 is 4.79 Å². The number of aromatic amines is 1. The first-order valence-corrected chi connectivity index (χ1v) is 9.73. The van der Waals surface area contributed by atoms with Gasteiger partial charge in [0.25, 0.3) is 0 Å². The number of unbranched alkanes of at least 4 members (excludes halogenated alkanes) is 1. The van der Waals surface area contributed by atoms with Crippen molar-refractivity contribution in [2.24, 2.45) is 0 Å². The van der Waals surface area contributed by atoms with Crippen molar-refractivity contribution in [2.45, 2.75) is 57.5 Å². The Morgan fingerprint density at radius 1 is 1.24 bits per heavy atom. The van der Waals surface area contributed by atoms with Crippen molar-refractivity contribution in [1.29, 1.82) is 0 Å². The van der Waals surface area contributed by atoms with E-state index in [1.54, 1.807) is 0 Å². The van der Waals surface area contributed by atoms with Crippen LogP contribution in [0, 0.1) is 0 Å². The van der Waals surface area contributed by atoms with Gasteiger partial charge in [-0.05, 0) is 26.3 Å². The number of carbonyl (C=O) groups is 1. The molecule has 2 aliphatic rings. The van der Waals surface area contributed by atoms with Gasteiger partial charge in [0.05, 0.1) is 0 Å². The second-order valence-electron chi connectivity index (χ2n) is 7.88. The minimum Gasteiger partial charge on any atom is -0.346 e. The van der Waals surface area contributed by atoms with Crippen LogP contribution >= 0.6 is 0 Å². The van der Waals surface area contributed by atoms with Crippen molar-refractivity contribution in [1.82, 2.24) is 24.7 Å². The van der Waals surface area contributed by atoms with Crippen LogP contribution in [0.4, 0.5) is 0 Å². The molecule has 0 bridgehead atoms. The van der Waals surface area contributed by atoms with Crippen LogP contribution < -0.4 is 0 Å². The van der Waals surface area contributed by atoms with Crippen molar-refractivity contribution in [3.63, 3.8) is 0 Å². The van der Waals surface area contributed by atoms with Gasteiger partial charge in [0.15, 0.2) is 0 Å². The van der Waals surface area contributed by atoms with Crippen LogP contribution in [-0.2, 0) is 17.8 Å². The zero-order chi connectivity index (χ0) is 17.9. The molecule has 1 N–H and O–H groups in total. The minimum atomic E-state index is 0.129. The number of hydrogen-bond donors (Lipinski definition) is 1. The number of aromatic nitrogens is 2. The number of nitrogens with one attached hydrogen (secondary N) is 1. The molecule has 0 unspecified atom stereocenters. The zero-order valence-corrected chi connectivity index (χ0v) is 16.1. The minimum absolute atomic E-state index is 0.129. The second kappa shape index (κ2) is 7.87. The molecule has 1 amide bonds. The Balaban J connectivity index is 1.64. The van der Waals surface area contributed by atoms with Crippen molar-refractivity contribution >= 4 is 5.91 Å². The van der Waals surface area contributed by atoms with Gasteiger partial charge in [0.2, 0.25) is 5.91 Å². The molecule has 0 aliphatic carbocycles. The number of amides is 1. The third kappa shape index (κ3) is 4.23. The highest BCUT2D eigenvalue weighted by molar-refractivity contribution is 5.76. The molecule has 2 aliphatic heterocycles. The lowest BCUT2D eigenvalue weighted by atomic mass is 9.86. The summed E-state index contributed by atoms with van der Waals surface area (Å²) in [5.74, 6) is 1.40. The Kier molecular flexibility index (Phi) is 5.79. The monoisotopic (exact) mass is 347 g/mol. The molecule has 3 heterocycles. The summed E-state index contributed by atoms with van der Waals surface area (Å²) in [6.45, 7) is 7.18. The SMILES string of the molecule is CCCCc1ncc(CN2CCN(C)[C@@]3(CCC(=O)N(C)CC3)C2)[nH]1. The van der Waals surface area contributed by atoms with E-state index in [1.165, 1.54) is 18.5 Å². The molecule has 6 heteroatoms. The van der Waals surface area contributed by atoms with E-state index in [1.807, 2.05) is 18.1 Å². The van der Waals surface area contributed by atoms with Gasteiger partial charge in [-0.2, -0.15) is 0 Å². The highest BCUT2D eigenvalue weighted by atomic mass is 16.2. The Morgan fingerprint density at radius 3 is 2.88 bits per heavy atom. The molecule has 0 radical (unpaired) electrons. The summed E-state index contributed by atoms with van der Waals surface area (Å²) < 4.78 is 0. The number of carbonyl (C=O) groups excluding carboxylic acids is 1. The summed E-state index contributed by atoms with van der Waals surface area (Å²) in [4.78, 5) is 27.0. The van der Waals surface area contributed by atoms with Crippen LogP contribution in [0.25, 0.3) is 0 Å².